The summed E-state index contributed by atoms with van der Waals surface area (Å²) in [6, 6.07) is 14.5. The Morgan fingerprint density at radius 2 is 2.00 bits per heavy atom. The molecule has 3 N–H and O–H groups in total. The van der Waals surface area contributed by atoms with Gasteiger partial charge in [-0.1, -0.05) is 37.6 Å². The number of aryl methyl sites for hydroxylation is 1. The van der Waals surface area contributed by atoms with E-state index in [9.17, 15) is 4.79 Å². The number of anilines is 2. The lowest BCUT2D eigenvalue weighted by Crippen LogP contribution is -2.39. The lowest BCUT2D eigenvalue weighted by Gasteiger charge is -2.32. The van der Waals surface area contributed by atoms with Crippen LogP contribution in [0.15, 0.2) is 48.7 Å². The number of carbonyl (C=O) groups is 1. The lowest BCUT2D eigenvalue weighted by molar-refractivity contribution is -0.122. The molecule has 3 aromatic rings. The van der Waals surface area contributed by atoms with Crippen LogP contribution in [0.5, 0.6) is 0 Å². The Labute approximate surface area is 177 Å². The van der Waals surface area contributed by atoms with Gasteiger partial charge in [-0.25, -0.2) is 4.98 Å². The van der Waals surface area contributed by atoms with Crippen molar-refractivity contribution in [2.24, 2.45) is 11.7 Å². The molecule has 1 amide bonds. The van der Waals surface area contributed by atoms with Gasteiger partial charge in [-0.15, -0.1) is 0 Å². The highest BCUT2D eigenvalue weighted by Crippen LogP contribution is 2.27. The maximum atomic E-state index is 11.5. The van der Waals surface area contributed by atoms with Crippen molar-refractivity contribution in [2.45, 2.75) is 39.2 Å². The minimum absolute atomic E-state index is 0.0216. The van der Waals surface area contributed by atoms with E-state index >= 15 is 0 Å². The Balaban J connectivity index is 1.55. The van der Waals surface area contributed by atoms with Gasteiger partial charge in [-0.3, -0.25) is 9.78 Å². The number of primary amides is 1. The number of para-hydroxylation sites is 1. The van der Waals surface area contributed by atoms with Gasteiger partial charge in [0.2, 0.25) is 5.91 Å². The van der Waals surface area contributed by atoms with Crippen LogP contribution < -0.4 is 16.0 Å². The number of hydrogen-bond acceptors (Lipinski definition) is 5. The summed E-state index contributed by atoms with van der Waals surface area (Å²) in [5.41, 5.74) is 9.86. The average molecular weight is 404 g/mol. The van der Waals surface area contributed by atoms with Crippen LogP contribution in [-0.2, 0) is 17.8 Å². The second kappa shape index (κ2) is 9.11. The molecule has 6 heteroatoms. The standard InChI is InChI=1S/C24H29N5O/c1-2-6-19-15-22(20-8-3-4-9-21(20)28-19)27-16-18-7-5-12-26-24(18)29-13-10-17(11-14-29)23(25)30/h3-5,7-9,12,15,17H,2,6,10-11,13-14,16H2,1H3,(H2,25,30)(H,27,28). The van der Waals surface area contributed by atoms with E-state index in [4.69, 9.17) is 10.7 Å². The number of carbonyl (C=O) groups excluding carboxylic acids is 1. The Morgan fingerprint density at radius 1 is 1.20 bits per heavy atom. The van der Waals surface area contributed by atoms with Crippen molar-refractivity contribution < 1.29 is 4.79 Å². The topological polar surface area (TPSA) is 84.1 Å². The Bertz CT molecular complexity index is 1030. The van der Waals surface area contributed by atoms with E-state index in [2.05, 4.69) is 46.4 Å². The second-order valence-electron chi connectivity index (χ2n) is 7.93. The number of hydrogen-bond donors (Lipinski definition) is 2. The van der Waals surface area contributed by atoms with Crippen LogP contribution in [0.3, 0.4) is 0 Å². The fourth-order valence-corrected chi connectivity index (χ4v) is 4.18. The van der Waals surface area contributed by atoms with Gasteiger partial charge in [-0.05, 0) is 37.5 Å². The molecule has 0 radical (unpaired) electrons. The predicted molar refractivity (Wildman–Crippen MR) is 121 cm³/mol. The predicted octanol–water partition coefficient (Wildman–Crippen LogP) is 3.90. The molecule has 0 bridgehead atoms. The highest BCUT2D eigenvalue weighted by Gasteiger charge is 2.25. The Kier molecular flexibility index (Phi) is 6.12. The maximum Gasteiger partial charge on any atom is 0.220 e. The first-order chi connectivity index (χ1) is 14.7. The van der Waals surface area contributed by atoms with E-state index in [1.165, 1.54) is 0 Å². The molecule has 1 fully saturated rings. The van der Waals surface area contributed by atoms with Crippen molar-refractivity contribution in [3.63, 3.8) is 0 Å². The lowest BCUT2D eigenvalue weighted by atomic mass is 9.96. The van der Waals surface area contributed by atoms with E-state index in [0.717, 1.165) is 72.4 Å². The number of aromatic nitrogens is 2. The number of piperidine rings is 1. The third-order valence-electron chi connectivity index (χ3n) is 5.81. The van der Waals surface area contributed by atoms with Gasteiger partial charge in [0.1, 0.15) is 5.82 Å². The Hall–Kier alpha value is -3.15. The summed E-state index contributed by atoms with van der Waals surface area (Å²) in [5, 5.41) is 4.76. The fraction of sp³-hybridized carbons (Fsp3) is 0.375. The molecule has 0 unspecified atom stereocenters. The van der Waals surface area contributed by atoms with Crippen LogP contribution in [0.4, 0.5) is 11.5 Å². The molecule has 2 aromatic heterocycles. The van der Waals surface area contributed by atoms with Crippen LogP contribution in [-0.4, -0.2) is 29.0 Å². The maximum absolute atomic E-state index is 11.5. The third-order valence-corrected chi connectivity index (χ3v) is 5.81. The molecule has 0 aliphatic carbocycles. The summed E-state index contributed by atoms with van der Waals surface area (Å²) in [6.45, 7) is 4.46. The number of fused-ring (bicyclic) bond motifs is 1. The van der Waals surface area contributed by atoms with E-state index in [0.29, 0.717) is 6.54 Å². The monoisotopic (exact) mass is 403 g/mol. The van der Waals surface area contributed by atoms with Gasteiger partial charge in [-0.2, -0.15) is 0 Å². The van der Waals surface area contributed by atoms with E-state index in [1.807, 2.05) is 24.4 Å². The molecular weight excluding hydrogens is 374 g/mol. The number of pyridine rings is 2. The van der Waals surface area contributed by atoms with Crippen LogP contribution in [0.1, 0.15) is 37.4 Å². The molecule has 0 saturated carbocycles. The SMILES string of the molecule is CCCc1cc(NCc2cccnc2N2CCC(C(N)=O)CC2)c2ccccc2n1. The average Bonchev–Trinajstić information content (AvgIpc) is 2.78. The third kappa shape index (κ3) is 4.37. The van der Waals surface area contributed by atoms with Gasteiger partial charge >= 0.3 is 0 Å². The second-order valence-corrected chi connectivity index (χ2v) is 7.93. The van der Waals surface area contributed by atoms with Crippen LogP contribution >= 0.6 is 0 Å². The van der Waals surface area contributed by atoms with E-state index in [1.54, 1.807) is 0 Å². The van der Waals surface area contributed by atoms with Crippen molar-refractivity contribution in [3.05, 3.63) is 59.9 Å². The largest absolute Gasteiger partial charge is 0.380 e. The molecule has 4 rings (SSSR count). The molecule has 0 spiro atoms. The smallest absolute Gasteiger partial charge is 0.220 e. The fourth-order valence-electron chi connectivity index (χ4n) is 4.18. The number of nitrogens with two attached hydrogens (primary N) is 1. The molecule has 3 heterocycles. The summed E-state index contributed by atoms with van der Waals surface area (Å²) in [5.74, 6) is 0.775. The minimum Gasteiger partial charge on any atom is -0.380 e. The van der Waals surface area contributed by atoms with Gasteiger partial charge in [0, 0.05) is 54.1 Å². The van der Waals surface area contributed by atoms with Crippen molar-refractivity contribution >= 4 is 28.3 Å². The summed E-state index contributed by atoms with van der Waals surface area (Å²) in [7, 11) is 0. The first-order valence-corrected chi connectivity index (χ1v) is 10.8. The molecule has 30 heavy (non-hydrogen) atoms. The van der Waals surface area contributed by atoms with Gasteiger partial charge in [0.15, 0.2) is 0 Å². The molecule has 6 nitrogen and oxygen atoms in total. The highest BCUT2D eigenvalue weighted by atomic mass is 16.1. The van der Waals surface area contributed by atoms with Crippen LogP contribution in [0, 0.1) is 5.92 Å². The number of rotatable bonds is 7. The van der Waals surface area contributed by atoms with Crippen LogP contribution in [0.2, 0.25) is 0 Å². The number of amides is 1. The zero-order valence-electron chi connectivity index (χ0n) is 17.5. The normalized spacial score (nSPS) is 14.8. The van der Waals surface area contributed by atoms with E-state index in [-0.39, 0.29) is 11.8 Å². The molecular formula is C24H29N5O. The zero-order valence-corrected chi connectivity index (χ0v) is 17.5. The summed E-state index contributed by atoms with van der Waals surface area (Å²) >= 11 is 0. The molecule has 1 aromatic carbocycles. The summed E-state index contributed by atoms with van der Waals surface area (Å²) < 4.78 is 0. The minimum atomic E-state index is -0.190. The van der Waals surface area contributed by atoms with Crippen molar-refractivity contribution in [2.75, 3.05) is 23.3 Å². The van der Waals surface area contributed by atoms with Gasteiger partial charge in [0.25, 0.3) is 0 Å². The highest BCUT2D eigenvalue weighted by molar-refractivity contribution is 5.91. The summed E-state index contributed by atoms with van der Waals surface area (Å²) in [6.07, 6.45) is 5.44. The van der Waals surface area contributed by atoms with E-state index < -0.39 is 0 Å². The van der Waals surface area contributed by atoms with Crippen molar-refractivity contribution in [3.8, 4) is 0 Å². The summed E-state index contributed by atoms with van der Waals surface area (Å²) in [4.78, 5) is 23.2. The first kappa shape index (κ1) is 20.1. The van der Waals surface area contributed by atoms with Crippen molar-refractivity contribution in [1.29, 1.82) is 0 Å². The molecule has 1 aliphatic heterocycles. The van der Waals surface area contributed by atoms with Crippen molar-refractivity contribution in [1.82, 2.24) is 9.97 Å². The number of nitrogens with zero attached hydrogens (tertiary/aromatic N) is 3. The molecule has 156 valence electrons. The van der Waals surface area contributed by atoms with Gasteiger partial charge in [0.05, 0.1) is 5.52 Å². The number of benzene rings is 1. The first-order valence-electron chi connectivity index (χ1n) is 10.8. The van der Waals surface area contributed by atoms with Crippen LogP contribution in [0.25, 0.3) is 10.9 Å². The Morgan fingerprint density at radius 3 is 2.77 bits per heavy atom. The molecule has 1 saturated heterocycles. The molecule has 0 atom stereocenters. The van der Waals surface area contributed by atoms with Gasteiger partial charge < -0.3 is 16.0 Å². The zero-order chi connectivity index (χ0) is 20.9. The quantitative estimate of drug-likeness (QED) is 0.625. The molecule has 1 aliphatic rings. The number of nitrogens with one attached hydrogen (secondary N) is 1.